The number of aromatic nitrogens is 2. The second-order valence-corrected chi connectivity index (χ2v) is 5.67. The van der Waals surface area contributed by atoms with E-state index in [9.17, 15) is 0 Å². The minimum absolute atomic E-state index is 0.495. The summed E-state index contributed by atoms with van der Waals surface area (Å²) in [7, 11) is 0. The number of hydrogen-bond donors (Lipinski definition) is 2. The molecule has 2 heterocycles. The van der Waals surface area contributed by atoms with E-state index in [-0.39, 0.29) is 0 Å². The highest BCUT2D eigenvalue weighted by atomic mass is 35.5. The van der Waals surface area contributed by atoms with Crippen molar-refractivity contribution in [2.24, 2.45) is 0 Å². The highest BCUT2D eigenvalue weighted by molar-refractivity contribution is 7.13. The van der Waals surface area contributed by atoms with Crippen LogP contribution in [0.4, 0.5) is 5.82 Å². The monoisotopic (exact) mass is 289 g/mol. The minimum atomic E-state index is 0.495. The predicted octanol–water partition coefficient (Wildman–Crippen LogP) is 4.35. The van der Waals surface area contributed by atoms with Gasteiger partial charge in [0.1, 0.15) is 0 Å². The van der Waals surface area contributed by atoms with Crippen LogP contribution >= 0.6 is 22.9 Å². The first-order chi connectivity index (χ1) is 9.16. The van der Waals surface area contributed by atoms with Gasteiger partial charge in [-0.25, -0.2) is 0 Å². The molecule has 0 aliphatic heterocycles. The third-order valence-corrected chi connectivity index (χ3v) is 4.16. The second-order valence-electron chi connectivity index (χ2n) is 4.32. The van der Waals surface area contributed by atoms with Gasteiger partial charge in [-0.1, -0.05) is 29.8 Å². The van der Waals surface area contributed by atoms with Crippen LogP contribution in [0.2, 0.25) is 5.02 Å². The van der Waals surface area contributed by atoms with Crippen molar-refractivity contribution in [2.75, 3.05) is 5.73 Å². The van der Waals surface area contributed by atoms with E-state index in [0.717, 1.165) is 27.3 Å². The number of H-pyrrole nitrogens is 1. The zero-order valence-electron chi connectivity index (χ0n) is 10.3. The second kappa shape index (κ2) is 4.72. The Hall–Kier alpha value is -1.78. The number of rotatable bonds is 2. The number of thiophene rings is 1. The number of nitrogens with two attached hydrogens (primary N) is 1. The molecule has 0 spiro atoms. The maximum absolute atomic E-state index is 6.32. The first-order valence-electron chi connectivity index (χ1n) is 5.81. The van der Waals surface area contributed by atoms with Crippen molar-refractivity contribution in [3.63, 3.8) is 0 Å². The number of nitrogen functional groups attached to an aromatic ring is 1. The molecule has 0 aliphatic rings. The van der Waals surface area contributed by atoms with Gasteiger partial charge in [0.2, 0.25) is 0 Å². The van der Waals surface area contributed by atoms with Crippen molar-refractivity contribution in [2.45, 2.75) is 6.92 Å². The lowest BCUT2D eigenvalue weighted by Gasteiger charge is -2.05. The average molecular weight is 290 g/mol. The van der Waals surface area contributed by atoms with Gasteiger partial charge >= 0.3 is 0 Å². The molecule has 0 radical (unpaired) electrons. The largest absolute Gasteiger partial charge is 0.382 e. The number of nitrogens with one attached hydrogen (secondary N) is 1. The molecule has 0 bridgehead atoms. The summed E-state index contributed by atoms with van der Waals surface area (Å²) in [6, 6.07) is 9.97. The molecule has 3 aromatic rings. The molecule has 3 N–H and O–H groups in total. The number of aromatic amines is 1. The molecule has 1 aromatic carbocycles. The molecule has 2 aromatic heterocycles. The zero-order chi connectivity index (χ0) is 13.4. The lowest BCUT2D eigenvalue weighted by atomic mass is 10.0. The van der Waals surface area contributed by atoms with Crippen LogP contribution < -0.4 is 5.73 Å². The Morgan fingerprint density at radius 1 is 1.32 bits per heavy atom. The Labute approximate surface area is 120 Å². The van der Waals surface area contributed by atoms with Crippen LogP contribution in [-0.4, -0.2) is 10.2 Å². The van der Waals surface area contributed by atoms with Crippen LogP contribution in [0.5, 0.6) is 0 Å². The Morgan fingerprint density at radius 3 is 2.84 bits per heavy atom. The van der Waals surface area contributed by atoms with Crippen LogP contribution in [0.15, 0.2) is 35.7 Å². The fourth-order valence-corrected chi connectivity index (χ4v) is 3.16. The highest BCUT2D eigenvalue weighted by Gasteiger charge is 2.17. The van der Waals surface area contributed by atoms with Gasteiger partial charge in [0, 0.05) is 10.4 Å². The van der Waals surface area contributed by atoms with Gasteiger partial charge in [0.05, 0.1) is 16.3 Å². The van der Waals surface area contributed by atoms with E-state index >= 15 is 0 Å². The maximum Gasteiger partial charge on any atom is 0.154 e. The molecule has 3 rings (SSSR count). The van der Waals surface area contributed by atoms with Crippen LogP contribution in [0, 0.1) is 6.92 Å². The van der Waals surface area contributed by atoms with Crippen LogP contribution in [0.1, 0.15) is 5.56 Å². The average Bonchev–Trinajstić information content (AvgIpc) is 2.98. The summed E-state index contributed by atoms with van der Waals surface area (Å²) in [5.41, 5.74) is 9.79. The summed E-state index contributed by atoms with van der Waals surface area (Å²) in [6.07, 6.45) is 0. The maximum atomic E-state index is 6.32. The van der Waals surface area contributed by atoms with Crippen molar-refractivity contribution < 1.29 is 0 Å². The first kappa shape index (κ1) is 12.3. The topological polar surface area (TPSA) is 54.7 Å². The lowest BCUT2D eigenvalue weighted by Crippen LogP contribution is -1.87. The van der Waals surface area contributed by atoms with Crippen LogP contribution in [0.25, 0.3) is 21.7 Å². The molecule has 0 saturated heterocycles. The number of nitrogens with zero attached hydrogens (tertiary/aromatic N) is 1. The zero-order valence-corrected chi connectivity index (χ0v) is 11.8. The summed E-state index contributed by atoms with van der Waals surface area (Å²) >= 11 is 7.95. The molecule has 96 valence electrons. The lowest BCUT2D eigenvalue weighted by molar-refractivity contribution is 1.10. The van der Waals surface area contributed by atoms with Gasteiger partial charge in [-0.05, 0) is 30.0 Å². The minimum Gasteiger partial charge on any atom is -0.382 e. The normalized spacial score (nSPS) is 10.8. The van der Waals surface area contributed by atoms with Crippen molar-refractivity contribution in [3.05, 3.63) is 46.3 Å². The van der Waals surface area contributed by atoms with Gasteiger partial charge < -0.3 is 5.73 Å². The molecular weight excluding hydrogens is 278 g/mol. The fourth-order valence-electron chi connectivity index (χ4n) is 2.04. The molecule has 0 unspecified atom stereocenters. The molecule has 19 heavy (non-hydrogen) atoms. The molecule has 5 heteroatoms. The summed E-state index contributed by atoms with van der Waals surface area (Å²) in [5.74, 6) is 0.495. The number of hydrogen-bond acceptors (Lipinski definition) is 3. The van der Waals surface area contributed by atoms with Crippen molar-refractivity contribution >= 4 is 28.8 Å². The van der Waals surface area contributed by atoms with E-state index in [1.54, 1.807) is 11.3 Å². The van der Waals surface area contributed by atoms with E-state index in [0.29, 0.717) is 10.8 Å². The molecule has 0 fully saturated rings. The highest BCUT2D eigenvalue weighted by Crippen LogP contribution is 2.39. The molecular formula is C14H12ClN3S. The summed E-state index contributed by atoms with van der Waals surface area (Å²) in [4.78, 5) is 1.08. The van der Waals surface area contributed by atoms with Gasteiger partial charge in [0.15, 0.2) is 5.82 Å². The summed E-state index contributed by atoms with van der Waals surface area (Å²) in [6.45, 7) is 2.01. The van der Waals surface area contributed by atoms with E-state index in [1.165, 1.54) is 0 Å². The van der Waals surface area contributed by atoms with Crippen LogP contribution in [-0.2, 0) is 0 Å². The van der Waals surface area contributed by atoms with Gasteiger partial charge in [-0.15, -0.1) is 11.3 Å². The standard InChI is InChI=1S/C14H12ClN3S/c1-8-4-5-9(10(15)7-8)13-12(14(16)18-17-13)11-3-2-6-19-11/h2-7H,1H3,(H3,16,17,18). The van der Waals surface area contributed by atoms with Crippen LogP contribution in [0.3, 0.4) is 0 Å². The van der Waals surface area contributed by atoms with Crippen molar-refractivity contribution in [3.8, 4) is 21.7 Å². The van der Waals surface area contributed by atoms with E-state index in [2.05, 4.69) is 10.2 Å². The van der Waals surface area contributed by atoms with Gasteiger partial charge in [0.25, 0.3) is 0 Å². The predicted molar refractivity (Wildman–Crippen MR) is 81.5 cm³/mol. The molecule has 3 nitrogen and oxygen atoms in total. The molecule has 0 amide bonds. The molecule has 0 saturated carbocycles. The van der Waals surface area contributed by atoms with Crippen molar-refractivity contribution in [1.82, 2.24) is 10.2 Å². The number of benzene rings is 1. The van der Waals surface area contributed by atoms with Gasteiger partial charge in [-0.2, -0.15) is 5.10 Å². The SMILES string of the molecule is Cc1ccc(-c2[nH]nc(N)c2-c2cccs2)c(Cl)c1. The number of aryl methyl sites for hydroxylation is 1. The number of halogens is 1. The Balaban J connectivity index is 2.21. The Morgan fingerprint density at radius 2 is 2.16 bits per heavy atom. The molecule has 0 atom stereocenters. The summed E-state index contributed by atoms with van der Waals surface area (Å²) < 4.78 is 0. The summed E-state index contributed by atoms with van der Waals surface area (Å²) in [5, 5.41) is 9.81. The smallest absolute Gasteiger partial charge is 0.154 e. The van der Waals surface area contributed by atoms with E-state index in [4.69, 9.17) is 17.3 Å². The van der Waals surface area contributed by atoms with Crippen molar-refractivity contribution in [1.29, 1.82) is 0 Å². The third kappa shape index (κ3) is 2.13. The fraction of sp³-hybridized carbons (Fsp3) is 0.0714. The Bertz CT molecular complexity index is 716. The Kier molecular flexibility index (Phi) is 3.05. The first-order valence-corrected chi connectivity index (χ1v) is 7.07. The molecule has 0 aliphatic carbocycles. The van der Waals surface area contributed by atoms with E-state index < -0.39 is 0 Å². The quantitative estimate of drug-likeness (QED) is 0.737. The number of anilines is 1. The van der Waals surface area contributed by atoms with E-state index in [1.807, 2.05) is 42.6 Å². The van der Waals surface area contributed by atoms with Gasteiger partial charge in [-0.3, -0.25) is 5.10 Å². The third-order valence-electron chi connectivity index (χ3n) is 2.96.